The maximum atomic E-state index is 13.8. The Morgan fingerprint density at radius 3 is 2.15 bits per heavy atom. The number of unbranched alkanes of at least 4 members (excludes halogenated alkanes) is 1. The highest BCUT2D eigenvalue weighted by molar-refractivity contribution is 7.89. The van der Waals surface area contributed by atoms with E-state index in [1.54, 1.807) is 48.5 Å². The van der Waals surface area contributed by atoms with Gasteiger partial charge in [0.15, 0.2) is 0 Å². The van der Waals surface area contributed by atoms with Gasteiger partial charge in [0.25, 0.3) is 0 Å². The normalized spacial score (nSPS) is 12.2. The average molecular weight is 693 g/mol. The number of rotatable bonds is 14. The molecule has 0 aliphatic carbocycles. The fourth-order valence-electron chi connectivity index (χ4n) is 5.12. The van der Waals surface area contributed by atoms with E-state index in [1.807, 2.05) is 48.0 Å². The number of aromatic nitrogens is 2. The number of aryl methyl sites for hydroxylation is 2. The second-order valence-corrected chi connectivity index (χ2v) is 13.7. The number of aromatic carboxylic acids is 1. The Labute approximate surface area is 285 Å². The number of carbonyl (C=O) groups is 1. The van der Waals surface area contributed by atoms with Crippen LogP contribution in [0.15, 0.2) is 102 Å². The van der Waals surface area contributed by atoms with Gasteiger partial charge in [0.1, 0.15) is 17.3 Å². The molecule has 5 aromatic rings. The molecule has 0 radical (unpaired) electrons. The van der Waals surface area contributed by atoms with E-state index >= 15 is 0 Å². The molecule has 0 saturated carbocycles. The van der Waals surface area contributed by atoms with Crippen molar-refractivity contribution in [2.45, 2.75) is 57.0 Å². The first-order valence-electron chi connectivity index (χ1n) is 15.3. The summed E-state index contributed by atoms with van der Waals surface area (Å²) >= 11 is 12.7. The van der Waals surface area contributed by atoms with Crippen molar-refractivity contribution in [3.05, 3.63) is 130 Å². The van der Waals surface area contributed by atoms with Gasteiger partial charge in [-0.2, -0.15) is 0 Å². The van der Waals surface area contributed by atoms with Crippen molar-refractivity contribution in [3.63, 3.8) is 0 Å². The van der Waals surface area contributed by atoms with Crippen LogP contribution >= 0.6 is 23.2 Å². The van der Waals surface area contributed by atoms with Gasteiger partial charge >= 0.3 is 5.97 Å². The zero-order valence-electron chi connectivity index (χ0n) is 26.0. The number of ether oxygens (including phenoxy) is 1. The molecule has 2 N–H and O–H groups in total. The van der Waals surface area contributed by atoms with Gasteiger partial charge in [-0.05, 0) is 97.1 Å². The van der Waals surface area contributed by atoms with Gasteiger partial charge in [0, 0.05) is 23.3 Å². The van der Waals surface area contributed by atoms with Crippen molar-refractivity contribution in [1.82, 2.24) is 14.3 Å². The summed E-state index contributed by atoms with van der Waals surface area (Å²) in [4.78, 5) is 16.3. The van der Waals surface area contributed by atoms with Crippen LogP contribution in [0.2, 0.25) is 10.0 Å². The standard InChI is InChI=1S/C36H35Cl2N3O5S/c1-3-5-20-41-23-34(31-19-12-27(37)22-32(31)38)39-35(41)33(40-47(44,45)30-17-8-24(4-2)9-18-30)21-25-6-13-28(14-7-25)46-29-15-10-26(11-16-29)36(42)43/h6-19,22-23,33,40H,3-5,20-21H2,1-2H3,(H,42,43)/t33-/m0/s1. The summed E-state index contributed by atoms with van der Waals surface area (Å²) in [5.74, 6) is 0.595. The summed E-state index contributed by atoms with van der Waals surface area (Å²) in [5.41, 5.74) is 3.37. The lowest BCUT2D eigenvalue weighted by Gasteiger charge is -2.20. The average Bonchev–Trinajstić information content (AvgIpc) is 3.48. The van der Waals surface area contributed by atoms with Crippen molar-refractivity contribution in [2.24, 2.45) is 0 Å². The van der Waals surface area contributed by atoms with Gasteiger partial charge in [0.2, 0.25) is 10.0 Å². The topological polar surface area (TPSA) is 111 Å². The lowest BCUT2D eigenvalue weighted by atomic mass is 10.1. The van der Waals surface area contributed by atoms with E-state index < -0.39 is 22.0 Å². The minimum atomic E-state index is -3.93. The lowest BCUT2D eigenvalue weighted by molar-refractivity contribution is 0.0697. The molecule has 0 aliphatic heterocycles. The maximum absolute atomic E-state index is 13.8. The summed E-state index contributed by atoms with van der Waals surface area (Å²) < 4.78 is 38.4. The highest BCUT2D eigenvalue weighted by Crippen LogP contribution is 2.32. The number of carboxylic acids is 1. The van der Waals surface area contributed by atoms with E-state index in [0.29, 0.717) is 51.6 Å². The number of halogens is 2. The summed E-state index contributed by atoms with van der Waals surface area (Å²) in [7, 11) is -3.93. The predicted octanol–water partition coefficient (Wildman–Crippen LogP) is 8.97. The quantitative estimate of drug-likeness (QED) is 0.120. The third-order valence-electron chi connectivity index (χ3n) is 7.72. The Morgan fingerprint density at radius 1 is 0.915 bits per heavy atom. The van der Waals surface area contributed by atoms with Crippen LogP contribution in [0.5, 0.6) is 11.5 Å². The van der Waals surface area contributed by atoms with Crippen LogP contribution in [0, 0.1) is 0 Å². The Kier molecular flexibility index (Phi) is 11.0. The van der Waals surface area contributed by atoms with Crippen molar-refractivity contribution < 1.29 is 23.1 Å². The molecule has 0 unspecified atom stereocenters. The van der Waals surface area contributed by atoms with Crippen molar-refractivity contribution in [2.75, 3.05) is 0 Å². The molecule has 5 rings (SSSR count). The molecule has 0 saturated heterocycles. The smallest absolute Gasteiger partial charge is 0.335 e. The van der Waals surface area contributed by atoms with Gasteiger partial charge < -0.3 is 14.4 Å². The minimum Gasteiger partial charge on any atom is -0.478 e. The number of sulfonamides is 1. The second kappa shape index (κ2) is 15.2. The second-order valence-electron chi connectivity index (χ2n) is 11.1. The van der Waals surface area contributed by atoms with Crippen LogP contribution in [0.1, 0.15) is 60.0 Å². The van der Waals surface area contributed by atoms with E-state index in [2.05, 4.69) is 11.6 Å². The SMILES string of the molecule is CCCCn1cc(-c2ccc(Cl)cc2Cl)nc1[C@H](Cc1ccc(Oc2ccc(C(=O)O)cc2)cc1)NS(=O)(=O)c1ccc(CC)cc1. The van der Waals surface area contributed by atoms with Crippen molar-refractivity contribution in [3.8, 4) is 22.8 Å². The third kappa shape index (κ3) is 8.61. The molecule has 0 bridgehead atoms. The summed E-state index contributed by atoms with van der Waals surface area (Å²) in [6.07, 6.45) is 4.82. The maximum Gasteiger partial charge on any atom is 0.335 e. The van der Waals surface area contributed by atoms with E-state index in [-0.39, 0.29) is 10.5 Å². The van der Waals surface area contributed by atoms with E-state index in [4.69, 9.17) is 38.0 Å². The minimum absolute atomic E-state index is 0.168. The largest absolute Gasteiger partial charge is 0.478 e. The van der Waals surface area contributed by atoms with E-state index in [9.17, 15) is 13.2 Å². The summed E-state index contributed by atoms with van der Waals surface area (Å²) in [6, 6.07) is 24.8. The number of nitrogens with one attached hydrogen (secondary N) is 1. The van der Waals surface area contributed by atoms with E-state index in [0.717, 1.165) is 30.4 Å². The molecule has 244 valence electrons. The summed E-state index contributed by atoms with van der Waals surface area (Å²) in [6.45, 7) is 4.75. The van der Waals surface area contributed by atoms with Crippen LogP contribution < -0.4 is 9.46 Å². The van der Waals surface area contributed by atoms with Crippen LogP contribution in [0.4, 0.5) is 0 Å². The monoisotopic (exact) mass is 691 g/mol. The highest BCUT2D eigenvalue weighted by Gasteiger charge is 2.27. The first-order chi connectivity index (χ1) is 22.6. The molecule has 8 nitrogen and oxygen atoms in total. The Bertz CT molecular complexity index is 1940. The number of benzene rings is 4. The Hall–Kier alpha value is -4.15. The fraction of sp³-hybridized carbons (Fsp3) is 0.222. The number of hydrogen-bond acceptors (Lipinski definition) is 5. The van der Waals surface area contributed by atoms with Gasteiger partial charge in [-0.25, -0.2) is 22.9 Å². The zero-order chi connectivity index (χ0) is 33.6. The van der Waals surface area contributed by atoms with Crippen LogP contribution in [-0.4, -0.2) is 29.0 Å². The fourth-order valence-corrected chi connectivity index (χ4v) is 6.82. The molecule has 0 aliphatic rings. The molecule has 1 atom stereocenters. The first kappa shape index (κ1) is 34.2. The van der Waals surface area contributed by atoms with Gasteiger partial charge in [-0.3, -0.25) is 0 Å². The molecule has 1 aromatic heterocycles. The molecule has 0 spiro atoms. The first-order valence-corrected chi connectivity index (χ1v) is 17.5. The number of carboxylic acid groups (broad SMARTS) is 1. The van der Waals surface area contributed by atoms with Crippen molar-refractivity contribution >= 4 is 39.2 Å². The Morgan fingerprint density at radius 2 is 1.55 bits per heavy atom. The molecule has 1 heterocycles. The summed E-state index contributed by atoms with van der Waals surface area (Å²) in [5, 5.41) is 10.1. The number of nitrogens with zero attached hydrogens (tertiary/aromatic N) is 2. The van der Waals surface area contributed by atoms with Gasteiger partial charge in [-0.15, -0.1) is 0 Å². The number of imidazole rings is 1. The zero-order valence-corrected chi connectivity index (χ0v) is 28.3. The van der Waals surface area contributed by atoms with Crippen LogP contribution in [-0.2, 0) is 29.4 Å². The lowest BCUT2D eigenvalue weighted by Crippen LogP contribution is -2.32. The van der Waals surface area contributed by atoms with Crippen molar-refractivity contribution in [1.29, 1.82) is 0 Å². The van der Waals surface area contributed by atoms with Crippen LogP contribution in [0.3, 0.4) is 0 Å². The molecule has 0 amide bonds. The molecular weight excluding hydrogens is 657 g/mol. The molecule has 47 heavy (non-hydrogen) atoms. The molecule has 0 fully saturated rings. The predicted molar refractivity (Wildman–Crippen MR) is 185 cm³/mol. The third-order valence-corrected chi connectivity index (χ3v) is 9.75. The molecule has 11 heteroatoms. The molecule has 4 aromatic carbocycles. The Balaban J connectivity index is 1.49. The van der Waals surface area contributed by atoms with Crippen LogP contribution in [0.25, 0.3) is 11.3 Å². The van der Waals surface area contributed by atoms with Gasteiger partial charge in [0.05, 0.1) is 27.2 Å². The highest BCUT2D eigenvalue weighted by atomic mass is 35.5. The van der Waals surface area contributed by atoms with E-state index in [1.165, 1.54) is 12.1 Å². The molecular formula is C36H35Cl2N3O5S. The number of hydrogen-bond donors (Lipinski definition) is 2. The van der Waals surface area contributed by atoms with Gasteiger partial charge in [-0.1, -0.05) is 67.7 Å².